The number of hydrogen-bond acceptors (Lipinski definition) is 13. The molecule has 296 valence electrons. The number of rotatable bonds is 9. The minimum Gasteiger partial charge on any atom is -0.466 e. The first-order chi connectivity index (χ1) is 24.7. The van der Waals surface area contributed by atoms with Gasteiger partial charge in [-0.3, -0.25) is 9.59 Å². The number of unbranched alkanes of at least 4 members (excludes halogenated alkanes) is 4. The van der Waals surface area contributed by atoms with E-state index in [2.05, 4.69) is 6.92 Å². The van der Waals surface area contributed by atoms with Crippen molar-refractivity contribution in [3.63, 3.8) is 0 Å². The highest BCUT2D eigenvalue weighted by Gasteiger charge is 2.57. The van der Waals surface area contributed by atoms with Gasteiger partial charge in [0.05, 0.1) is 56.8 Å². The van der Waals surface area contributed by atoms with Gasteiger partial charge in [-0.05, 0) is 63.5 Å². The summed E-state index contributed by atoms with van der Waals surface area (Å²) >= 11 is 0. The van der Waals surface area contributed by atoms with E-state index in [1.807, 2.05) is 0 Å². The fourth-order valence-electron chi connectivity index (χ4n) is 7.51. The third-order valence-corrected chi connectivity index (χ3v) is 10.6. The Morgan fingerprint density at radius 3 is 2.42 bits per heavy atom. The lowest BCUT2D eigenvalue weighted by atomic mass is 9.74. The number of cyclic esters (lactones) is 1. The number of carbonyl (C=O) groups is 3. The first-order valence-electron chi connectivity index (χ1n) is 19.3. The van der Waals surface area contributed by atoms with Crippen LogP contribution < -0.4 is 0 Å². The number of fused-ring (bicyclic) bond motifs is 6. The lowest BCUT2D eigenvalue weighted by molar-refractivity contribution is -0.327. The molecule has 0 aliphatic carbocycles. The maximum atomic E-state index is 13.3. The summed E-state index contributed by atoms with van der Waals surface area (Å²) in [4.78, 5) is 39.1. The Bertz CT molecular complexity index is 1230. The van der Waals surface area contributed by atoms with Crippen LogP contribution in [0.5, 0.6) is 0 Å². The van der Waals surface area contributed by atoms with Crippen LogP contribution in [0.4, 0.5) is 0 Å². The summed E-state index contributed by atoms with van der Waals surface area (Å²) in [5, 5.41) is 34.3. The van der Waals surface area contributed by atoms with Crippen LogP contribution >= 0.6 is 0 Å². The van der Waals surface area contributed by atoms with Crippen molar-refractivity contribution in [3.05, 3.63) is 23.8 Å². The van der Waals surface area contributed by atoms with E-state index in [-0.39, 0.29) is 56.0 Å². The SMILES string of the molecule is CCCCCCCC(=O)O[C@H]1/C(=C/C(=O)OC)CC2C[C@H]([C@@H](C)O)OC(=O)C[C@H](O)C[C@@H]3CCCC(C[C@@H]4CCO[C@H](/C=C/C(C)(C)[C@]1(O)O2)O4)O3. The zero-order chi connectivity index (χ0) is 37.9. The number of ether oxygens (including phenoxy) is 7. The number of carbonyl (C=O) groups excluding carboxylic acids is 3. The van der Waals surface area contributed by atoms with Gasteiger partial charge in [0.1, 0.15) is 6.10 Å². The predicted octanol–water partition coefficient (Wildman–Crippen LogP) is 4.71. The van der Waals surface area contributed by atoms with Crippen LogP contribution in [0.15, 0.2) is 23.8 Å². The van der Waals surface area contributed by atoms with Gasteiger partial charge in [-0.2, -0.15) is 0 Å². The first kappa shape index (κ1) is 42.4. The molecular formula is C39H62O13. The molecule has 0 aromatic carbocycles. The highest BCUT2D eigenvalue weighted by atomic mass is 16.7. The van der Waals surface area contributed by atoms with E-state index >= 15 is 0 Å². The molecule has 6 bridgehead atoms. The van der Waals surface area contributed by atoms with Crippen LogP contribution in [-0.4, -0.2) is 108 Å². The molecule has 2 unspecified atom stereocenters. The highest BCUT2D eigenvalue weighted by Crippen LogP contribution is 2.47. The van der Waals surface area contributed by atoms with Crippen LogP contribution in [0.1, 0.15) is 124 Å². The van der Waals surface area contributed by atoms with Gasteiger partial charge in [0.2, 0.25) is 5.79 Å². The number of hydrogen-bond donors (Lipinski definition) is 3. The van der Waals surface area contributed by atoms with E-state index in [1.165, 1.54) is 20.1 Å². The fraction of sp³-hybridized carbons (Fsp3) is 0.821. The largest absolute Gasteiger partial charge is 0.466 e. The van der Waals surface area contributed by atoms with Crippen LogP contribution in [0, 0.1) is 5.41 Å². The molecule has 13 nitrogen and oxygen atoms in total. The number of esters is 3. The molecule has 0 aromatic heterocycles. The normalized spacial score (nSPS) is 36.5. The Hall–Kier alpha value is -2.39. The lowest BCUT2D eigenvalue weighted by Gasteiger charge is -2.51. The third-order valence-electron chi connectivity index (χ3n) is 10.6. The van der Waals surface area contributed by atoms with Gasteiger partial charge in [-0.15, -0.1) is 0 Å². The second kappa shape index (κ2) is 19.8. The molecule has 3 saturated heterocycles. The Morgan fingerprint density at radius 2 is 1.71 bits per heavy atom. The monoisotopic (exact) mass is 738 g/mol. The molecule has 10 atom stereocenters. The number of aliphatic hydroxyl groups is 3. The van der Waals surface area contributed by atoms with E-state index in [1.54, 1.807) is 26.0 Å². The third kappa shape index (κ3) is 12.1. The molecule has 13 heteroatoms. The number of aliphatic hydroxyl groups excluding tert-OH is 2. The Labute approximate surface area is 308 Å². The Kier molecular flexibility index (Phi) is 16.1. The Morgan fingerprint density at radius 1 is 1.00 bits per heavy atom. The average molecular weight is 739 g/mol. The van der Waals surface area contributed by atoms with Gasteiger partial charge in [0.25, 0.3) is 0 Å². The molecule has 3 fully saturated rings. The molecule has 4 rings (SSSR count). The molecule has 3 N–H and O–H groups in total. The summed E-state index contributed by atoms with van der Waals surface area (Å²) in [6, 6.07) is 0. The molecular weight excluding hydrogens is 676 g/mol. The lowest BCUT2D eigenvalue weighted by Crippen LogP contribution is -2.62. The smallest absolute Gasteiger partial charge is 0.330 e. The highest BCUT2D eigenvalue weighted by molar-refractivity contribution is 5.83. The van der Waals surface area contributed by atoms with Crippen molar-refractivity contribution in [1.82, 2.24) is 0 Å². The summed E-state index contributed by atoms with van der Waals surface area (Å²) in [6.45, 7) is 7.45. The van der Waals surface area contributed by atoms with Crippen molar-refractivity contribution in [2.45, 2.75) is 185 Å². The van der Waals surface area contributed by atoms with E-state index < -0.39 is 65.9 Å². The van der Waals surface area contributed by atoms with Crippen molar-refractivity contribution in [3.8, 4) is 0 Å². The van der Waals surface area contributed by atoms with E-state index in [9.17, 15) is 29.7 Å². The van der Waals surface area contributed by atoms with Crippen LogP contribution in [0.25, 0.3) is 0 Å². The summed E-state index contributed by atoms with van der Waals surface area (Å²) < 4.78 is 41.7. The maximum absolute atomic E-state index is 13.3. The van der Waals surface area contributed by atoms with Crippen LogP contribution in [0.2, 0.25) is 0 Å². The van der Waals surface area contributed by atoms with Gasteiger partial charge in [-0.1, -0.05) is 52.5 Å². The molecule has 0 spiro atoms. The summed E-state index contributed by atoms with van der Waals surface area (Å²) in [6.07, 6.45) is 6.24. The van der Waals surface area contributed by atoms with Crippen LogP contribution in [-0.2, 0) is 47.5 Å². The van der Waals surface area contributed by atoms with E-state index in [0.29, 0.717) is 25.9 Å². The summed E-state index contributed by atoms with van der Waals surface area (Å²) in [5.41, 5.74) is -1.05. The second-order valence-electron chi connectivity index (χ2n) is 15.4. The molecule has 52 heavy (non-hydrogen) atoms. The van der Waals surface area contributed by atoms with Crippen molar-refractivity contribution in [2.24, 2.45) is 5.41 Å². The minimum absolute atomic E-state index is 0.00818. The molecule has 0 saturated carbocycles. The second-order valence-corrected chi connectivity index (χ2v) is 15.4. The molecule has 4 aliphatic rings. The van der Waals surface area contributed by atoms with Crippen molar-refractivity contribution >= 4 is 17.9 Å². The Balaban J connectivity index is 1.70. The molecule has 4 aliphatic heterocycles. The zero-order valence-electron chi connectivity index (χ0n) is 31.7. The maximum Gasteiger partial charge on any atom is 0.330 e. The van der Waals surface area contributed by atoms with Crippen molar-refractivity contribution < 1.29 is 62.9 Å². The average Bonchev–Trinajstić information content (AvgIpc) is 3.08. The van der Waals surface area contributed by atoms with Gasteiger partial charge in [0, 0.05) is 30.8 Å². The van der Waals surface area contributed by atoms with Gasteiger partial charge in [-0.25, -0.2) is 4.79 Å². The van der Waals surface area contributed by atoms with Gasteiger partial charge < -0.3 is 48.5 Å². The molecule has 4 heterocycles. The minimum atomic E-state index is -2.26. The summed E-state index contributed by atoms with van der Waals surface area (Å²) in [7, 11) is 1.22. The van der Waals surface area contributed by atoms with Crippen molar-refractivity contribution in [2.75, 3.05) is 13.7 Å². The number of methoxy groups -OCH3 is 1. The molecule has 0 amide bonds. The fourth-order valence-corrected chi connectivity index (χ4v) is 7.51. The molecule has 0 radical (unpaired) electrons. The topological polar surface area (TPSA) is 177 Å². The zero-order valence-corrected chi connectivity index (χ0v) is 31.7. The van der Waals surface area contributed by atoms with Crippen molar-refractivity contribution in [1.29, 1.82) is 0 Å². The standard InChI is InChI=1S/C39H62O13/c1-6-7-8-9-10-14-33(42)51-37-26(20-34(43)46-5)19-31-24-32(25(2)40)50-35(44)22-27(41)21-28-12-11-13-29(48-28)23-30-16-18-47-36(49-30)15-17-38(3,4)39(37,45)52-31/h15,17,20,25,27-32,36-37,40-41,45H,6-14,16,18-19,21-24H2,1-5H3/b17-15+,26-20+/t25-,27-,28+,29?,30+,31?,32-,36+,37+,39-/m1/s1. The van der Waals surface area contributed by atoms with Crippen LogP contribution in [0.3, 0.4) is 0 Å². The first-order valence-corrected chi connectivity index (χ1v) is 19.3. The van der Waals surface area contributed by atoms with E-state index in [0.717, 1.165) is 44.9 Å². The predicted molar refractivity (Wildman–Crippen MR) is 188 cm³/mol. The summed E-state index contributed by atoms with van der Waals surface area (Å²) in [5.74, 6) is -4.23. The van der Waals surface area contributed by atoms with E-state index in [4.69, 9.17) is 33.2 Å². The quantitative estimate of drug-likeness (QED) is 0.0976. The molecule has 0 aromatic rings. The van der Waals surface area contributed by atoms with Gasteiger partial charge in [0.15, 0.2) is 12.4 Å². The van der Waals surface area contributed by atoms with Gasteiger partial charge >= 0.3 is 17.9 Å².